The Morgan fingerprint density at radius 3 is 2.65 bits per heavy atom. The van der Waals surface area contributed by atoms with Crippen molar-refractivity contribution in [2.75, 3.05) is 13.7 Å². The minimum Gasteiger partial charge on any atom is -0.496 e. The van der Waals surface area contributed by atoms with E-state index < -0.39 is 5.97 Å². The number of carboxylic acid groups (broad SMARTS) is 1. The van der Waals surface area contributed by atoms with Gasteiger partial charge in [-0.05, 0) is 31.9 Å². The van der Waals surface area contributed by atoms with Crippen molar-refractivity contribution < 1.29 is 19.4 Å². The van der Waals surface area contributed by atoms with Crippen molar-refractivity contribution in [1.82, 2.24) is 5.32 Å². The largest absolute Gasteiger partial charge is 0.496 e. The number of ether oxygens (including phenoxy) is 1. The van der Waals surface area contributed by atoms with E-state index in [2.05, 4.69) is 5.32 Å². The van der Waals surface area contributed by atoms with Crippen LogP contribution in [0, 0.1) is 6.92 Å². The van der Waals surface area contributed by atoms with Crippen molar-refractivity contribution in [3.63, 3.8) is 0 Å². The topological polar surface area (TPSA) is 75.6 Å². The Hall–Kier alpha value is -2.04. The number of carbonyl (C=O) groups excluding carboxylic acids is 1. The van der Waals surface area contributed by atoms with E-state index >= 15 is 0 Å². The van der Waals surface area contributed by atoms with Crippen LogP contribution >= 0.6 is 0 Å². The molecule has 0 atom stereocenters. The molecule has 0 radical (unpaired) electrons. The van der Waals surface area contributed by atoms with Gasteiger partial charge in [0.25, 0.3) is 5.91 Å². The number of rotatable bonds is 8. The zero-order valence-electron chi connectivity index (χ0n) is 11.9. The third kappa shape index (κ3) is 5.30. The second-order valence-corrected chi connectivity index (χ2v) is 4.66. The number of carbonyl (C=O) groups is 2. The van der Waals surface area contributed by atoms with Gasteiger partial charge < -0.3 is 15.2 Å². The van der Waals surface area contributed by atoms with Crippen molar-refractivity contribution in [1.29, 1.82) is 0 Å². The summed E-state index contributed by atoms with van der Waals surface area (Å²) in [5.74, 6) is -0.388. The summed E-state index contributed by atoms with van der Waals surface area (Å²) in [5, 5.41) is 11.3. The highest BCUT2D eigenvalue weighted by molar-refractivity contribution is 5.97. The fraction of sp³-hybridized carbons (Fsp3) is 0.467. The van der Waals surface area contributed by atoms with Gasteiger partial charge in [0.1, 0.15) is 5.75 Å². The molecule has 110 valence electrons. The monoisotopic (exact) mass is 279 g/mol. The van der Waals surface area contributed by atoms with E-state index in [1.54, 1.807) is 12.1 Å². The molecule has 0 bridgehead atoms. The zero-order valence-corrected chi connectivity index (χ0v) is 11.9. The van der Waals surface area contributed by atoms with Crippen molar-refractivity contribution in [2.45, 2.75) is 32.6 Å². The number of hydrogen-bond donors (Lipinski definition) is 2. The molecule has 0 aromatic heterocycles. The van der Waals surface area contributed by atoms with Gasteiger partial charge in [0, 0.05) is 13.0 Å². The average molecular weight is 279 g/mol. The number of aryl methyl sites for hydroxylation is 1. The Labute approximate surface area is 118 Å². The van der Waals surface area contributed by atoms with E-state index in [9.17, 15) is 9.59 Å². The fourth-order valence-corrected chi connectivity index (χ4v) is 1.87. The Balaban J connectivity index is 2.39. The van der Waals surface area contributed by atoms with Gasteiger partial charge in [-0.1, -0.05) is 18.1 Å². The van der Waals surface area contributed by atoms with Crippen LogP contribution < -0.4 is 10.1 Å². The SMILES string of the molecule is COc1ccc(C)cc1C(=O)NCCCCCC(=O)O. The first kappa shape index (κ1) is 16.0. The van der Waals surface area contributed by atoms with Gasteiger partial charge >= 0.3 is 5.97 Å². The van der Waals surface area contributed by atoms with Crippen LogP contribution in [0.4, 0.5) is 0 Å². The number of methoxy groups -OCH3 is 1. The fourth-order valence-electron chi connectivity index (χ4n) is 1.87. The van der Waals surface area contributed by atoms with Crippen LogP contribution in [-0.4, -0.2) is 30.6 Å². The van der Waals surface area contributed by atoms with Crippen LogP contribution in [0.3, 0.4) is 0 Å². The molecule has 0 aliphatic heterocycles. The first-order chi connectivity index (χ1) is 9.54. The molecule has 1 aromatic rings. The van der Waals surface area contributed by atoms with Crippen LogP contribution in [0.15, 0.2) is 18.2 Å². The molecular weight excluding hydrogens is 258 g/mol. The Morgan fingerprint density at radius 1 is 1.25 bits per heavy atom. The molecule has 1 amide bonds. The predicted octanol–water partition coefficient (Wildman–Crippen LogP) is 2.38. The minimum atomic E-state index is -0.779. The van der Waals surface area contributed by atoms with Gasteiger partial charge in [-0.3, -0.25) is 9.59 Å². The van der Waals surface area contributed by atoms with Gasteiger partial charge in [-0.15, -0.1) is 0 Å². The molecule has 1 aromatic carbocycles. The Bertz CT molecular complexity index is 471. The molecule has 20 heavy (non-hydrogen) atoms. The van der Waals surface area contributed by atoms with Gasteiger partial charge in [-0.2, -0.15) is 0 Å². The number of aliphatic carboxylic acids is 1. The molecule has 0 heterocycles. The number of unbranched alkanes of at least 4 members (excludes halogenated alkanes) is 2. The lowest BCUT2D eigenvalue weighted by atomic mass is 10.1. The van der Waals surface area contributed by atoms with Crippen LogP contribution in [0.25, 0.3) is 0 Å². The van der Waals surface area contributed by atoms with Crippen LogP contribution in [0.1, 0.15) is 41.6 Å². The lowest BCUT2D eigenvalue weighted by molar-refractivity contribution is -0.137. The number of hydrogen-bond acceptors (Lipinski definition) is 3. The number of carboxylic acids is 1. The normalized spacial score (nSPS) is 10.1. The van der Waals surface area contributed by atoms with E-state index in [-0.39, 0.29) is 12.3 Å². The van der Waals surface area contributed by atoms with Gasteiger partial charge in [-0.25, -0.2) is 0 Å². The zero-order chi connectivity index (χ0) is 15.0. The van der Waals surface area contributed by atoms with Crippen molar-refractivity contribution in [3.8, 4) is 5.75 Å². The van der Waals surface area contributed by atoms with E-state index in [1.807, 2.05) is 13.0 Å². The number of nitrogens with one attached hydrogen (secondary N) is 1. The first-order valence-corrected chi connectivity index (χ1v) is 6.69. The summed E-state index contributed by atoms with van der Waals surface area (Å²) in [5.41, 5.74) is 1.52. The summed E-state index contributed by atoms with van der Waals surface area (Å²) in [7, 11) is 1.54. The van der Waals surface area contributed by atoms with Crippen LogP contribution in [0.2, 0.25) is 0 Å². The van der Waals surface area contributed by atoms with Gasteiger partial charge in [0.2, 0.25) is 0 Å². The van der Waals surface area contributed by atoms with E-state index in [4.69, 9.17) is 9.84 Å². The predicted molar refractivity (Wildman–Crippen MR) is 76.2 cm³/mol. The highest BCUT2D eigenvalue weighted by atomic mass is 16.5. The lowest BCUT2D eigenvalue weighted by Gasteiger charge is -2.10. The molecule has 0 fully saturated rings. The minimum absolute atomic E-state index is 0.163. The third-order valence-corrected chi connectivity index (χ3v) is 2.95. The maximum absolute atomic E-state index is 12.0. The molecule has 0 aliphatic rings. The molecule has 5 nitrogen and oxygen atoms in total. The molecule has 0 saturated carbocycles. The maximum atomic E-state index is 12.0. The number of benzene rings is 1. The van der Waals surface area contributed by atoms with Crippen LogP contribution in [-0.2, 0) is 4.79 Å². The highest BCUT2D eigenvalue weighted by Crippen LogP contribution is 2.19. The summed E-state index contributed by atoms with van der Waals surface area (Å²) in [6.45, 7) is 2.46. The first-order valence-electron chi connectivity index (χ1n) is 6.69. The quantitative estimate of drug-likeness (QED) is 0.716. The molecule has 5 heteroatoms. The second kappa shape index (κ2) is 8.19. The van der Waals surface area contributed by atoms with Crippen molar-refractivity contribution in [2.24, 2.45) is 0 Å². The Morgan fingerprint density at radius 2 is 2.00 bits per heavy atom. The summed E-state index contributed by atoms with van der Waals surface area (Å²) in [6, 6.07) is 5.46. The molecule has 0 saturated heterocycles. The van der Waals surface area contributed by atoms with Crippen molar-refractivity contribution in [3.05, 3.63) is 29.3 Å². The molecule has 0 aliphatic carbocycles. The molecular formula is C15H21NO4. The standard InChI is InChI=1S/C15H21NO4/c1-11-7-8-13(20-2)12(10-11)15(19)16-9-5-3-4-6-14(17)18/h7-8,10H,3-6,9H2,1-2H3,(H,16,19)(H,17,18). The van der Waals surface area contributed by atoms with Crippen LogP contribution in [0.5, 0.6) is 5.75 Å². The third-order valence-electron chi connectivity index (χ3n) is 2.95. The van der Waals surface area contributed by atoms with Crippen molar-refractivity contribution >= 4 is 11.9 Å². The average Bonchev–Trinajstić information content (AvgIpc) is 2.42. The van der Waals surface area contributed by atoms with Gasteiger partial charge in [0.15, 0.2) is 0 Å². The number of amides is 1. The summed E-state index contributed by atoms with van der Waals surface area (Å²) in [4.78, 5) is 22.4. The summed E-state index contributed by atoms with van der Waals surface area (Å²) < 4.78 is 5.17. The molecule has 0 spiro atoms. The highest BCUT2D eigenvalue weighted by Gasteiger charge is 2.11. The van der Waals surface area contributed by atoms with E-state index in [0.717, 1.165) is 18.4 Å². The molecule has 0 unspecified atom stereocenters. The second-order valence-electron chi connectivity index (χ2n) is 4.66. The lowest BCUT2D eigenvalue weighted by Crippen LogP contribution is -2.25. The maximum Gasteiger partial charge on any atom is 0.303 e. The van der Waals surface area contributed by atoms with E-state index in [1.165, 1.54) is 7.11 Å². The van der Waals surface area contributed by atoms with E-state index in [0.29, 0.717) is 24.3 Å². The molecule has 2 N–H and O–H groups in total. The van der Waals surface area contributed by atoms with Gasteiger partial charge in [0.05, 0.1) is 12.7 Å². The summed E-state index contributed by atoms with van der Waals surface area (Å²) >= 11 is 0. The smallest absolute Gasteiger partial charge is 0.303 e. The summed E-state index contributed by atoms with van der Waals surface area (Å²) in [6.07, 6.45) is 2.38. The Kier molecular flexibility index (Phi) is 6.56. The molecule has 1 rings (SSSR count).